The van der Waals surface area contributed by atoms with E-state index in [1.54, 1.807) is 0 Å². The molecule has 0 fully saturated rings. The van der Waals surface area contributed by atoms with Gasteiger partial charge in [-0.1, -0.05) is 27.5 Å². The van der Waals surface area contributed by atoms with Crippen LogP contribution in [0, 0.1) is 0 Å². The van der Waals surface area contributed by atoms with Gasteiger partial charge in [-0.2, -0.15) is 0 Å². The first-order chi connectivity index (χ1) is 6.99. The first-order valence-electron chi connectivity index (χ1n) is 4.82. The van der Waals surface area contributed by atoms with Gasteiger partial charge in [-0.25, -0.2) is 0 Å². The quantitative estimate of drug-likeness (QED) is 0.921. The third-order valence-corrected chi connectivity index (χ3v) is 2.60. The summed E-state index contributed by atoms with van der Waals surface area (Å²) < 4.78 is 6.39. The maximum atomic E-state index is 5.98. The fraction of sp³-hybridized carbons (Fsp3) is 0.455. The molecule has 4 heteroatoms. The van der Waals surface area contributed by atoms with Crippen molar-refractivity contribution in [3.8, 4) is 0 Å². The third-order valence-electron chi connectivity index (χ3n) is 1.92. The van der Waals surface area contributed by atoms with Crippen LogP contribution in [0.4, 0.5) is 0 Å². The summed E-state index contributed by atoms with van der Waals surface area (Å²) in [5, 5.41) is 0.680. The van der Waals surface area contributed by atoms with Crippen LogP contribution in [0.15, 0.2) is 22.7 Å². The van der Waals surface area contributed by atoms with E-state index in [1.807, 2.05) is 32.0 Å². The van der Waals surface area contributed by atoms with Gasteiger partial charge in [-0.05, 0) is 37.6 Å². The highest BCUT2D eigenvalue weighted by atomic mass is 79.9. The van der Waals surface area contributed by atoms with Crippen molar-refractivity contribution in [3.63, 3.8) is 0 Å². The number of hydrogen-bond acceptors (Lipinski definition) is 2. The van der Waals surface area contributed by atoms with Gasteiger partial charge in [0.05, 0.1) is 18.8 Å². The van der Waals surface area contributed by atoms with Gasteiger partial charge in [0.1, 0.15) is 0 Å². The van der Waals surface area contributed by atoms with Gasteiger partial charge >= 0.3 is 0 Å². The van der Waals surface area contributed by atoms with Gasteiger partial charge in [0.25, 0.3) is 0 Å². The number of ether oxygens (including phenoxy) is 1. The third kappa shape index (κ3) is 4.51. The fourth-order valence-corrected chi connectivity index (χ4v) is 2.07. The Morgan fingerprint density at radius 3 is 2.60 bits per heavy atom. The Bertz CT molecular complexity index is 310. The van der Waals surface area contributed by atoms with Crippen molar-refractivity contribution in [3.05, 3.63) is 33.3 Å². The maximum absolute atomic E-state index is 5.98. The Hall–Kier alpha value is -0.0900. The summed E-state index contributed by atoms with van der Waals surface area (Å²) in [5.41, 5.74) is 6.96. The molecular weight excluding hydrogens is 277 g/mol. The van der Waals surface area contributed by atoms with Gasteiger partial charge in [0.2, 0.25) is 0 Å². The monoisotopic (exact) mass is 291 g/mol. The van der Waals surface area contributed by atoms with Crippen molar-refractivity contribution in [2.45, 2.75) is 26.0 Å². The zero-order valence-corrected chi connectivity index (χ0v) is 11.2. The van der Waals surface area contributed by atoms with Gasteiger partial charge in [0.15, 0.2) is 0 Å². The zero-order valence-electron chi connectivity index (χ0n) is 8.84. The summed E-state index contributed by atoms with van der Waals surface area (Å²) in [6.07, 6.45) is 0.193. The molecule has 0 aliphatic heterocycles. The molecule has 0 saturated carbocycles. The topological polar surface area (TPSA) is 35.2 Å². The molecule has 1 aromatic rings. The molecule has 1 unspecified atom stereocenters. The van der Waals surface area contributed by atoms with Crippen molar-refractivity contribution in [2.24, 2.45) is 5.73 Å². The molecular formula is C11H15BrClNO. The Morgan fingerprint density at radius 1 is 1.40 bits per heavy atom. The smallest absolute Gasteiger partial charge is 0.0662 e. The SMILES string of the molecule is CC(C)OCC(N)c1cc(Cl)cc(Br)c1. The van der Waals surface area contributed by atoms with E-state index in [0.717, 1.165) is 10.0 Å². The first-order valence-corrected chi connectivity index (χ1v) is 5.99. The van der Waals surface area contributed by atoms with Crippen LogP contribution in [0.1, 0.15) is 25.5 Å². The lowest BCUT2D eigenvalue weighted by Gasteiger charge is -2.15. The van der Waals surface area contributed by atoms with E-state index in [1.165, 1.54) is 0 Å². The van der Waals surface area contributed by atoms with E-state index >= 15 is 0 Å². The lowest BCUT2D eigenvalue weighted by atomic mass is 10.1. The Kier molecular flexibility index (Phi) is 5.06. The number of nitrogens with two attached hydrogens (primary N) is 1. The molecule has 0 radical (unpaired) electrons. The van der Waals surface area contributed by atoms with Crippen LogP contribution in [0.2, 0.25) is 5.02 Å². The average molecular weight is 293 g/mol. The van der Waals surface area contributed by atoms with Crippen LogP contribution in [-0.4, -0.2) is 12.7 Å². The van der Waals surface area contributed by atoms with E-state index in [2.05, 4.69) is 15.9 Å². The molecule has 0 aliphatic rings. The van der Waals surface area contributed by atoms with Crippen molar-refractivity contribution < 1.29 is 4.74 Å². The van der Waals surface area contributed by atoms with E-state index in [4.69, 9.17) is 22.1 Å². The molecule has 15 heavy (non-hydrogen) atoms. The van der Waals surface area contributed by atoms with Crippen molar-refractivity contribution in [2.75, 3.05) is 6.61 Å². The predicted molar refractivity (Wildman–Crippen MR) is 67.2 cm³/mol. The second-order valence-corrected chi connectivity index (χ2v) is 5.04. The Labute approximate surface area is 104 Å². The van der Waals surface area contributed by atoms with Crippen molar-refractivity contribution in [1.82, 2.24) is 0 Å². The first kappa shape index (κ1) is 13.0. The van der Waals surface area contributed by atoms with Crippen molar-refractivity contribution in [1.29, 1.82) is 0 Å². The summed E-state index contributed by atoms with van der Waals surface area (Å²) in [7, 11) is 0. The summed E-state index contributed by atoms with van der Waals surface area (Å²) in [6.45, 7) is 4.48. The molecule has 2 nitrogen and oxygen atoms in total. The van der Waals surface area contributed by atoms with Crippen LogP contribution in [0.3, 0.4) is 0 Å². The Morgan fingerprint density at radius 2 is 2.07 bits per heavy atom. The van der Waals surface area contributed by atoms with Gasteiger partial charge in [-0.15, -0.1) is 0 Å². The lowest BCUT2D eigenvalue weighted by Crippen LogP contribution is -2.19. The molecule has 0 aliphatic carbocycles. The summed E-state index contributed by atoms with van der Waals surface area (Å²) in [5.74, 6) is 0. The van der Waals surface area contributed by atoms with E-state index < -0.39 is 0 Å². The van der Waals surface area contributed by atoms with Crippen LogP contribution >= 0.6 is 27.5 Å². The minimum absolute atomic E-state index is 0.137. The fourth-order valence-electron chi connectivity index (χ4n) is 1.18. The largest absolute Gasteiger partial charge is 0.377 e. The summed E-state index contributed by atoms with van der Waals surface area (Å²) >= 11 is 9.31. The zero-order chi connectivity index (χ0) is 11.4. The molecule has 0 spiro atoms. The second-order valence-electron chi connectivity index (χ2n) is 3.69. The average Bonchev–Trinajstić information content (AvgIpc) is 2.12. The molecule has 84 valence electrons. The highest BCUT2D eigenvalue weighted by molar-refractivity contribution is 9.10. The van der Waals surface area contributed by atoms with Gasteiger partial charge < -0.3 is 10.5 Å². The highest BCUT2D eigenvalue weighted by Gasteiger charge is 2.08. The van der Waals surface area contributed by atoms with E-state index in [0.29, 0.717) is 11.6 Å². The molecule has 2 N–H and O–H groups in total. The van der Waals surface area contributed by atoms with Gasteiger partial charge in [0, 0.05) is 9.50 Å². The predicted octanol–water partition coefficient (Wildman–Crippen LogP) is 3.53. The molecule has 1 aromatic carbocycles. The normalized spacial score (nSPS) is 13.2. The number of rotatable bonds is 4. The highest BCUT2D eigenvalue weighted by Crippen LogP contribution is 2.23. The molecule has 0 amide bonds. The van der Waals surface area contributed by atoms with Gasteiger partial charge in [-0.3, -0.25) is 0 Å². The second kappa shape index (κ2) is 5.85. The summed E-state index contributed by atoms with van der Waals surface area (Å²) in [6, 6.07) is 5.52. The number of hydrogen-bond donors (Lipinski definition) is 1. The molecule has 0 saturated heterocycles. The standard InChI is InChI=1S/C11H15BrClNO/c1-7(2)15-6-11(14)8-3-9(12)5-10(13)4-8/h3-5,7,11H,6,14H2,1-2H3. The molecule has 1 rings (SSSR count). The number of benzene rings is 1. The minimum atomic E-state index is -0.137. The molecule has 1 atom stereocenters. The van der Waals surface area contributed by atoms with E-state index in [-0.39, 0.29) is 12.1 Å². The maximum Gasteiger partial charge on any atom is 0.0662 e. The van der Waals surface area contributed by atoms with Crippen LogP contribution in [0.25, 0.3) is 0 Å². The lowest BCUT2D eigenvalue weighted by molar-refractivity contribution is 0.0683. The van der Waals surface area contributed by atoms with E-state index in [9.17, 15) is 0 Å². The molecule has 0 aromatic heterocycles. The molecule has 0 bridgehead atoms. The minimum Gasteiger partial charge on any atom is -0.377 e. The molecule has 0 heterocycles. The van der Waals surface area contributed by atoms with Crippen LogP contribution in [0.5, 0.6) is 0 Å². The number of halogens is 2. The van der Waals surface area contributed by atoms with Crippen LogP contribution < -0.4 is 5.73 Å². The summed E-state index contributed by atoms with van der Waals surface area (Å²) in [4.78, 5) is 0. The van der Waals surface area contributed by atoms with Crippen molar-refractivity contribution >= 4 is 27.5 Å². The Balaban J connectivity index is 2.68. The van der Waals surface area contributed by atoms with Crippen LogP contribution in [-0.2, 0) is 4.74 Å².